The molecule has 0 aliphatic carbocycles. The second kappa shape index (κ2) is 7.45. The molecular weight excluding hydrogens is 358 g/mol. The van der Waals surface area contributed by atoms with E-state index in [4.69, 9.17) is 0 Å². The van der Waals surface area contributed by atoms with Gasteiger partial charge in [0.05, 0.1) is 0 Å². The van der Waals surface area contributed by atoms with E-state index in [0.717, 1.165) is 30.2 Å². The van der Waals surface area contributed by atoms with Crippen molar-refractivity contribution in [2.24, 2.45) is 7.05 Å². The van der Waals surface area contributed by atoms with Gasteiger partial charge in [0.2, 0.25) is 0 Å². The fourth-order valence-corrected chi connectivity index (χ4v) is 3.66. The predicted molar refractivity (Wildman–Crippen MR) is 99.5 cm³/mol. The minimum absolute atomic E-state index is 0.0307. The zero-order valence-corrected chi connectivity index (χ0v) is 16.3. The van der Waals surface area contributed by atoms with Crippen LogP contribution in [-0.4, -0.2) is 63.4 Å². The summed E-state index contributed by atoms with van der Waals surface area (Å²) in [6.45, 7) is 5.57. The topological polar surface area (TPSA) is 108 Å². The van der Waals surface area contributed by atoms with Crippen LogP contribution in [0.15, 0.2) is 18.7 Å². The predicted octanol–water partition coefficient (Wildman–Crippen LogP) is 0.882. The zero-order chi connectivity index (χ0) is 19.7. The Kier molecular flexibility index (Phi) is 4.84. The summed E-state index contributed by atoms with van der Waals surface area (Å²) in [6, 6.07) is 1.75. The van der Waals surface area contributed by atoms with Crippen molar-refractivity contribution >= 4 is 5.91 Å². The van der Waals surface area contributed by atoms with Crippen LogP contribution < -0.4 is 0 Å². The van der Waals surface area contributed by atoms with Crippen LogP contribution in [0.5, 0.6) is 0 Å². The van der Waals surface area contributed by atoms with Crippen molar-refractivity contribution in [3.05, 3.63) is 47.6 Å². The summed E-state index contributed by atoms with van der Waals surface area (Å²) in [5.41, 5.74) is 1.28. The van der Waals surface area contributed by atoms with E-state index in [2.05, 4.69) is 30.2 Å². The summed E-state index contributed by atoms with van der Waals surface area (Å²) in [6.07, 6.45) is 4.87. The van der Waals surface area contributed by atoms with Crippen molar-refractivity contribution in [1.82, 2.24) is 44.4 Å². The Morgan fingerprint density at radius 1 is 1.18 bits per heavy atom. The molecule has 146 valence electrons. The molecule has 0 atom stereocenters. The van der Waals surface area contributed by atoms with Crippen LogP contribution in [0, 0.1) is 13.8 Å². The number of aryl methyl sites for hydroxylation is 2. The Bertz CT molecular complexity index is 951. The summed E-state index contributed by atoms with van der Waals surface area (Å²) >= 11 is 0. The molecule has 0 spiro atoms. The minimum Gasteiger partial charge on any atom is -0.337 e. The van der Waals surface area contributed by atoms with Gasteiger partial charge >= 0.3 is 0 Å². The first-order chi connectivity index (χ1) is 13.5. The average molecular weight is 381 g/mol. The van der Waals surface area contributed by atoms with Gasteiger partial charge < -0.3 is 9.47 Å². The molecule has 0 aromatic carbocycles. The number of hydrogen-bond acceptors (Lipinski definition) is 7. The van der Waals surface area contributed by atoms with E-state index in [1.165, 1.54) is 6.33 Å². The first-order valence-corrected chi connectivity index (χ1v) is 9.33. The van der Waals surface area contributed by atoms with E-state index < -0.39 is 0 Å². The van der Waals surface area contributed by atoms with Crippen molar-refractivity contribution in [3.8, 4) is 0 Å². The molecule has 0 unspecified atom stereocenters. The van der Waals surface area contributed by atoms with Crippen molar-refractivity contribution in [2.75, 3.05) is 13.1 Å². The fourth-order valence-electron chi connectivity index (χ4n) is 3.66. The molecule has 4 heterocycles. The van der Waals surface area contributed by atoms with E-state index in [0.29, 0.717) is 31.2 Å². The second-order valence-corrected chi connectivity index (χ2v) is 7.13. The Morgan fingerprint density at radius 2 is 1.96 bits per heavy atom. The fraction of sp³-hybridized carbons (Fsp3) is 0.500. The van der Waals surface area contributed by atoms with Gasteiger partial charge in [-0.2, -0.15) is 5.10 Å². The Balaban J connectivity index is 1.41. The van der Waals surface area contributed by atoms with E-state index >= 15 is 0 Å². The van der Waals surface area contributed by atoms with Gasteiger partial charge in [-0.15, -0.1) is 10.2 Å². The van der Waals surface area contributed by atoms with Crippen LogP contribution in [0.25, 0.3) is 0 Å². The maximum absolute atomic E-state index is 12.8. The van der Waals surface area contributed by atoms with Crippen LogP contribution in [0.2, 0.25) is 0 Å². The zero-order valence-electron chi connectivity index (χ0n) is 16.3. The number of likely N-dealkylation sites (tertiary alicyclic amines) is 1. The largest absolute Gasteiger partial charge is 0.337 e. The van der Waals surface area contributed by atoms with Crippen molar-refractivity contribution < 1.29 is 4.79 Å². The van der Waals surface area contributed by atoms with Crippen molar-refractivity contribution in [3.63, 3.8) is 0 Å². The lowest BCUT2D eigenvalue weighted by molar-refractivity contribution is 0.0704. The van der Waals surface area contributed by atoms with E-state index in [-0.39, 0.29) is 11.8 Å². The molecule has 10 heteroatoms. The summed E-state index contributed by atoms with van der Waals surface area (Å²) in [4.78, 5) is 27.1. The standard InChI is InChI=1S/C18H23N9O/c1-12-8-15(22-13(2)21-12)18(28)26-6-4-14(5-7-26)17-24-23-16(25(17)3)9-27-11-19-10-20-27/h8,10-11,14H,4-7,9H2,1-3H3. The van der Waals surface area contributed by atoms with Gasteiger partial charge in [0.25, 0.3) is 5.91 Å². The van der Waals surface area contributed by atoms with Gasteiger partial charge in [-0.1, -0.05) is 0 Å². The van der Waals surface area contributed by atoms with Gasteiger partial charge in [0, 0.05) is 31.7 Å². The molecule has 28 heavy (non-hydrogen) atoms. The molecule has 1 fully saturated rings. The van der Waals surface area contributed by atoms with E-state index in [1.54, 1.807) is 24.0 Å². The maximum Gasteiger partial charge on any atom is 0.272 e. The molecule has 1 amide bonds. The number of carbonyl (C=O) groups is 1. The Morgan fingerprint density at radius 3 is 2.64 bits per heavy atom. The highest BCUT2D eigenvalue weighted by Crippen LogP contribution is 2.27. The number of nitrogens with zero attached hydrogens (tertiary/aromatic N) is 9. The smallest absolute Gasteiger partial charge is 0.272 e. The Hall–Kier alpha value is -3.17. The molecule has 1 saturated heterocycles. The number of amides is 1. The Labute approximate surface area is 162 Å². The number of aromatic nitrogens is 8. The van der Waals surface area contributed by atoms with Crippen LogP contribution in [0.3, 0.4) is 0 Å². The molecule has 1 aliphatic heterocycles. The summed E-state index contributed by atoms with van der Waals surface area (Å²) in [5, 5.41) is 12.8. The summed E-state index contributed by atoms with van der Waals surface area (Å²) in [7, 11) is 1.98. The number of carbonyl (C=O) groups excluding carboxylic acids is 1. The average Bonchev–Trinajstić information content (AvgIpc) is 3.31. The van der Waals surface area contributed by atoms with Crippen LogP contribution in [-0.2, 0) is 13.6 Å². The van der Waals surface area contributed by atoms with E-state index in [9.17, 15) is 4.79 Å². The minimum atomic E-state index is -0.0307. The lowest BCUT2D eigenvalue weighted by Gasteiger charge is -2.31. The molecule has 0 radical (unpaired) electrons. The third-order valence-corrected chi connectivity index (χ3v) is 5.10. The van der Waals surface area contributed by atoms with E-state index in [1.807, 2.05) is 23.4 Å². The van der Waals surface area contributed by atoms with Crippen LogP contribution >= 0.6 is 0 Å². The molecule has 0 N–H and O–H groups in total. The highest BCUT2D eigenvalue weighted by atomic mass is 16.2. The molecule has 3 aromatic heterocycles. The monoisotopic (exact) mass is 381 g/mol. The van der Waals surface area contributed by atoms with Crippen LogP contribution in [0.1, 0.15) is 52.4 Å². The van der Waals surface area contributed by atoms with Gasteiger partial charge in [-0.05, 0) is 32.8 Å². The maximum atomic E-state index is 12.8. The van der Waals surface area contributed by atoms with Crippen molar-refractivity contribution in [1.29, 1.82) is 0 Å². The third kappa shape index (κ3) is 3.62. The summed E-state index contributed by atoms with van der Waals surface area (Å²) < 4.78 is 3.75. The summed E-state index contributed by atoms with van der Waals surface area (Å²) in [5.74, 6) is 2.66. The quantitative estimate of drug-likeness (QED) is 0.660. The van der Waals surface area contributed by atoms with Gasteiger partial charge in [0.15, 0.2) is 5.82 Å². The first-order valence-electron chi connectivity index (χ1n) is 9.33. The molecule has 10 nitrogen and oxygen atoms in total. The molecular formula is C18H23N9O. The van der Waals surface area contributed by atoms with Gasteiger partial charge in [-0.25, -0.2) is 19.6 Å². The number of hydrogen-bond donors (Lipinski definition) is 0. The van der Waals surface area contributed by atoms with Gasteiger partial charge in [-0.3, -0.25) is 4.79 Å². The molecule has 1 aliphatic rings. The molecule has 0 bridgehead atoms. The van der Waals surface area contributed by atoms with Crippen LogP contribution in [0.4, 0.5) is 0 Å². The number of rotatable bonds is 4. The first kappa shape index (κ1) is 18.2. The highest BCUT2D eigenvalue weighted by Gasteiger charge is 2.28. The third-order valence-electron chi connectivity index (χ3n) is 5.10. The lowest BCUT2D eigenvalue weighted by atomic mass is 9.95. The second-order valence-electron chi connectivity index (χ2n) is 7.13. The number of piperidine rings is 1. The highest BCUT2D eigenvalue weighted by molar-refractivity contribution is 5.92. The van der Waals surface area contributed by atoms with Gasteiger partial charge in [0.1, 0.15) is 36.5 Å². The molecule has 0 saturated carbocycles. The molecule has 4 rings (SSSR count). The lowest BCUT2D eigenvalue weighted by Crippen LogP contribution is -2.39. The van der Waals surface area contributed by atoms with Crippen molar-refractivity contribution in [2.45, 2.75) is 39.2 Å². The molecule has 3 aromatic rings. The normalized spacial score (nSPS) is 15.2. The SMILES string of the molecule is Cc1cc(C(=O)N2CCC(c3nnc(Cn4cncn4)n3C)CC2)nc(C)n1.